The van der Waals surface area contributed by atoms with Crippen molar-refractivity contribution in [2.45, 2.75) is 12.8 Å². The van der Waals surface area contributed by atoms with Crippen LogP contribution in [0.4, 0.5) is 4.79 Å². The lowest BCUT2D eigenvalue weighted by Gasteiger charge is -2.35. The van der Waals surface area contributed by atoms with E-state index in [1.54, 1.807) is 19.0 Å². The van der Waals surface area contributed by atoms with Gasteiger partial charge in [0.2, 0.25) is 5.91 Å². The molecule has 1 fully saturated rings. The molecule has 26 heavy (non-hydrogen) atoms. The van der Waals surface area contributed by atoms with Crippen LogP contribution < -0.4 is 0 Å². The summed E-state index contributed by atoms with van der Waals surface area (Å²) in [6.07, 6.45) is 1.18. The lowest BCUT2D eigenvalue weighted by Crippen LogP contribution is -2.53. The molecule has 0 bridgehead atoms. The molecule has 2 rings (SSSR count). The Kier molecular flexibility index (Phi) is 7.02. The molecule has 1 aromatic carbocycles. The van der Waals surface area contributed by atoms with Crippen molar-refractivity contribution in [2.75, 3.05) is 51.8 Å². The molecule has 0 unspecified atom stereocenters. The molecule has 0 saturated carbocycles. The van der Waals surface area contributed by atoms with Gasteiger partial charge in [-0.05, 0) is 18.4 Å². The molecular formula is C18H27N3O4S. The van der Waals surface area contributed by atoms with Gasteiger partial charge in [-0.15, -0.1) is 0 Å². The zero-order valence-corrected chi connectivity index (χ0v) is 16.2. The molecule has 3 amide bonds. The Morgan fingerprint density at radius 2 is 1.58 bits per heavy atom. The highest BCUT2D eigenvalue weighted by molar-refractivity contribution is 7.92. The van der Waals surface area contributed by atoms with Crippen LogP contribution in [0, 0.1) is 0 Å². The summed E-state index contributed by atoms with van der Waals surface area (Å²) in [6, 6.07) is 9.61. The van der Waals surface area contributed by atoms with Crippen LogP contribution in [0.3, 0.4) is 0 Å². The number of nitrogens with zero attached hydrogens (tertiary/aromatic N) is 3. The third-order valence-electron chi connectivity index (χ3n) is 4.39. The number of carbonyl (C=O) groups excluding carboxylic acids is 2. The number of urea groups is 1. The fourth-order valence-corrected chi connectivity index (χ4v) is 4.21. The molecular weight excluding hydrogens is 354 g/mol. The summed E-state index contributed by atoms with van der Waals surface area (Å²) < 4.78 is 24.4. The fourth-order valence-electron chi connectivity index (χ4n) is 2.92. The van der Waals surface area contributed by atoms with Gasteiger partial charge in [0.25, 0.3) is 0 Å². The third kappa shape index (κ3) is 6.01. The lowest BCUT2D eigenvalue weighted by atomic mass is 10.1. The number of carbonyl (C=O) groups is 2. The van der Waals surface area contributed by atoms with E-state index in [0.717, 1.165) is 5.56 Å². The molecule has 1 heterocycles. The van der Waals surface area contributed by atoms with E-state index in [2.05, 4.69) is 0 Å². The van der Waals surface area contributed by atoms with Crippen LogP contribution in [0.15, 0.2) is 30.3 Å². The quantitative estimate of drug-likeness (QED) is 0.732. The summed E-state index contributed by atoms with van der Waals surface area (Å²) in [7, 11) is -0.0587. The van der Waals surface area contributed by atoms with Crippen LogP contribution in [0.2, 0.25) is 0 Å². The summed E-state index contributed by atoms with van der Waals surface area (Å²) in [5.74, 6) is -0.822. The Hall–Kier alpha value is -2.09. The highest BCUT2D eigenvalue weighted by Crippen LogP contribution is 2.08. The number of aryl methyl sites for hydroxylation is 1. The third-order valence-corrected chi connectivity index (χ3v) is 5.99. The van der Waals surface area contributed by atoms with E-state index >= 15 is 0 Å². The molecule has 1 aliphatic rings. The van der Waals surface area contributed by atoms with Gasteiger partial charge in [0, 0.05) is 40.3 Å². The number of hydrogen-bond acceptors (Lipinski definition) is 4. The van der Waals surface area contributed by atoms with Crippen LogP contribution in [0.5, 0.6) is 0 Å². The summed E-state index contributed by atoms with van der Waals surface area (Å²) >= 11 is 0. The van der Waals surface area contributed by atoms with Crippen molar-refractivity contribution in [1.29, 1.82) is 0 Å². The van der Waals surface area contributed by atoms with Crippen LogP contribution >= 0.6 is 0 Å². The van der Waals surface area contributed by atoms with E-state index in [9.17, 15) is 18.0 Å². The molecule has 0 radical (unpaired) electrons. The molecule has 1 saturated heterocycles. The van der Waals surface area contributed by atoms with Gasteiger partial charge >= 0.3 is 6.03 Å². The van der Waals surface area contributed by atoms with Gasteiger partial charge < -0.3 is 14.7 Å². The summed E-state index contributed by atoms with van der Waals surface area (Å²) in [4.78, 5) is 28.9. The van der Waals surface area contributed by atoms with Crippen LogP contribution in [-0.4, -0.2) is 86.8 Å². The van der Waals surface area contributed by atoms with E-state index in [-0.39, 0.29) is 17.7 Å². The maximum Gasteiger partial charge on any atom is 0.319 e. The van der Waals surface area contributed by atoms with Gasteiger partial charge in [0.05, 0.1) is 5.75 Å². The van der Waals surface area contributed by atoms with Crippen molar-refractivity contribution < 1.29 is 18.0 Å². The second kappa shape index (κ2) is 9.02. The highest BCUT2D eigenvalue weighted by atomic mass is 32.2. The zero-order chi connectivity index (χ0) is 19.2. The normalized spacial score (nSPS) is 15.0. The van der Waals surface area contributed by atoms with Gasteiger partial charge in [-0.1, -0.05) is 30.3 Å². The summed E-state index contributed by atoms with van der Waals surface area (Å²) in [5, 5.41) is 0. The number of amides is 3. The van der Waals surface area contributed by atoms with Crippen LogP contribution in [-0.2, 0) is 21.1 Å². The predicted octanol–water partition coefficient (Wildman–Crippen LogP) is 0.860. The number of benzene rings is 1. The van der Waals surface area contributed by atoms with Crippen molar-refractivity contribution in [2.24, 2.45) is 0 Å². The molecule has 1 aromatic rings. The first-order chi connectivity index (χ1) is 12.3. The summed E-state index contributed by atoms with van der Waals surface area (Å²) in [5.41, 5.74) is 1.09. The minimum atomic E-state index is -3.42. The molecule has 7 nitrogen and oxygen atoms in total. The molecule has 0 aliphatic carbocycles. The van der Waals surface area contributed by atoms with Gasteiger partial charge in [0.15, 0.2) is 9.84 Å². The van der Waals surface area contributed by atoms with Crippen molar-refractivity contribution in [3.8, 4) is 0 Å². The second-order valence-corrected chi connectivity index (χ2v) is 8.91. The highest BCUT2D eigenvalue weighted by Gasteiger charge is 2.27. The SMILES string of the molecule is CN(C)C(=O)N1CCN(C(=O)CS(=O)(=O)CCCc2ccccc2)CC1. The molecule has 8 heteroatoms. The molecule has 144 valence electrons. The van der Waals surface area contributed by atoms with Gasteiger partial charge in [-0.2, -0.15) is 0 Å². The van der Waals surface area contributed by atoms with Gasteiger partial charge in [-0.3, -0.25) is 4.79 Å². The maximum atomic E-state index is 12.3. The van der Waals surface area contributed by atoms with Crippen molar-refractivity contribution in [1.82, 2.24) is 14.7 Å². The first-order valence-electron chi connectivity index (χ1n) is 8.77. The topological polar surface area (TPSA) is 78.0 Å². The molecule has 0 atom stereocenters. The smallest absolute Gasteiger partial charge is 0.319 e. The number of piperazine rings is 1. The average molecular weight is 381 g/mol. The molecule has 1 aliphatic heterocycles. The van der Waals surface area contributed by atoms with Crippen LogP contribution in [0.1, 0.15) is 12.0 Å². The van der Waals surface area contributed by atoms with E-state index in [4.69, 9.17) is 0 Å². The van der Waals surface area contributed by atoms with Crippen molar-refractivity contribution >= 4 is 21.8 Å². The molecule has 0 N–H and O–H groups in total. The minimum absolute atomic E-state index is 0.00666. The average Bonchev–Trinajstić information content (AvgIpc) is 2.61. The molecule has 0 spiro atoms. The standard InChI is InChI=1S/C18H27N3O4S/c1-19(2)18(23)21-12-10-20(11-13-21)17(22)15-26(24,25)14-6-9-16-7-4-3-5-8-16/h3-5,7-8H,6,9-15H2,1-2H3. The second-order valence-electron chi connectivity index (χ2n) is 6.73. The Morgan fingerprint density at radius 3 is 2.15 bits per heavy atom. The van der Waals surface area contributed by atoms with E-state index < -0.39 is 15.6 Å². The predicted molar refractivity (Wildman–Crippen MR) is 101 cm³/mol. The largest absolute Gasteiger partial charge is 0.338 e. The van der Waals surface area contributed by atoms with Gasteiger partial charge in [-0.25, -0.2) is 13.2 Å². The Labute approximate surface area is 155 Å². The number of hydrogen-bond donors (Lipinski definition) is 0. The first kappa shape index (κ1) is 20.2. The van der Waals surface area contributed by atoms with Crippen LogP contribution in [0.25, 0.3) is 0 Å². The first-order valence-corrected chi connectivity index (χ1v) is 10.6. The van der Waals surface area contributed by atoms with Gasteiger partial charge in [0.1, 0.15) is 5.75 Å². The Balaban J connectivity index is 1.77. The van der Waals surface area contributed by atoms with E-state index in [0.29, 0.717) is 39.0 Å². The van der Waals surface area contributed by atoms with Crippen molar-refractivity contribution in [3.63, 3.8) is 0 Å². The van der Waals surface area contributed by atoms with Crippen molar-refractivity contribution in [3.05, 3.63) is 35.9 Å². The maximum absolute atomic E-state index is 12.3. The fraction of sp³-hybridized carbons (Fsp3) is 0.556. The van der Waals surface area contributed by atoms with E-state index in [1.165, 1.54) is 9.80 Å². The zero-order valence-electron chi connectivity index (χ0n) is 15.4. The van der Waals surface area contributed by atoms with E-state index in [1.807, 2.05) is 30.3 Å². The summed E-state index contributed by atoms with van der Waals surface area (Å²) in [6.45, 7) is 1.60. The Bertz CT molecular complexity index is 711. The number of rotatable bonds is 6. The minimum Gasteiger partial charge on any atom is -0.338 e. The monoisotopic (exact) mass is 381 g/mol. The Morgan fingerprint density at radius 1 is 1.00 bits per heavy atom. The molecule has 0 aromatic heterocycles. The number of sulfone groups is 1. The lowest BCUT2D eigenvalue weighted by molar-refractivity contribution is -0.129.